The van der Waals surface area contributed by atoms with Crippen LogP contribution < -0.4 is 5.73 Å². The SMILES string of the molecule is N#Cc1ccc(-c2cnn(-c3ccc(C(=O)O)cn3)c2O)c(CN)c1. The summed E-state index contributed by atoms with van der Waals surface area (Å²) in [5.74, 6) is -0.971. The van der Waals surface area contributed by atoms with Crippen LogP contribution in [0.5, 0.6) is 5.88 Å². The van der Waals surface area contributed by atoms with Crippen molar-refractivity contribution < 1.29 is 15.0 Å². The number of carbonyl (C=O) groups is 1. The standard InChI is InChI=1S/C17H13N5O3/c18-6-10-1-3-13(12(5-10)7-19)14-9-21-22(16(14)23)15-4-2-11(8-20-15)17(24)25/h1-5,8-9,23H,7,19H2,(H,24,25). The highest BCUT2D eigenvalue weighted by Gasteiger charge is 2.17. The molecule has 3 aromatic rings. The molecule has 0 unspecified atom stereocenters. The Morgan fingerprint density at radius 2 is 2.04 bits per heavy atom. The zero-order valence-electron chi connectivity index (χ0n) is 12.9. The van der Waals surface area contributed by atoms with Gasteiger partial charge in [-0.25, -0.2) is 9.78 Å². The Bertz CT molecular complexity index is 987. The van der Waals surface area contributed by atoms with Gasteiger partial charge in [0.1, 0.15) is 0 Å². The zero-order chi connectivity index (χ0) is 18.0. The minimum Gasteiger partial charge on any atom is -0.493 e. The fraction of sp³-hybridized carbons (Fsp3) is 0.0588. The van der Waals surface area contributed by atoms with Crippen molar-refractivity contribution in [1.82, 2.24) is 14.8 Å². The number of carboxylic acids is 1. The number of aromatic carboxylic acids is 1. The maximum Gasteiger partial charge on any atom is 0.337 e. The topological polar surface area (TPSA) is 138 Å². The minimum absolute atomic E-state index is 0.0353. The fourth-order valence-electron chi connectivity index (χ4n) is 2.43. The molecule has 0 amide bonds. The van der Waals surface area contributed by atoms with Crippen LogP contribution in [0.2, 0.25) is 0 Å². The van der Waals surface area contributed by atoms with Crippen LogP contribution in [0, 0.1) is 11.3 Å². The van der Waals surface area contributed by atoms with E-state index in [0.717, 1.165) is 0 Å². The van der Waals surface area contributed by atoms with Crippen LogP contribution in [-0.2, 0) is 6.54 Å². The van der Waals surface area contributed by atoms with E-state index in [2.05, 4.69) is 10.1 Å². The first-order valence-corrected chi connectivity index (χ1v) is 7.25. The summed E-state index contributed by atoms with van der Waals surface area (Å²) in [6.45, 7) is 0.195. The largest absolute Gasteiger partial charge is 0.493 e. The van der Waals surface area contributed by atoms with Crippen LogP contribution in [0.15, 0.2) is 42.7 Å². The van der Waals surface area contributed by atoms with E-state index in [4.69, 9.17) is 16.1 Å². The van der Waals surface area contributed by atoms with Crippen molar-refractivity contribution in [3.05, 3.63) is 59.4 Å². The lowest BCUT2D eigenvalue weighted by molar-refractivity contribution is 0.0696. The van der Waals surface area contributed by atoms with Crippen LogP contribution in [0.4, 0.5) is 0 Å². The number of nitrogens with zero attached hydrogens (tertiary/aromatic N) is 4. The lowest BCUT2D eigenvalue weighted by atomic mass is 10.00. The molecule has 0 aliphatic rings. The third-order valence-corrected chi connectivity index (χ3v) is 3.70. The van der Waals surface area contributed by atoms with Gasteiger partial charge in [0.25, 0.3) is 0 Å². The summed E-state index contributed by atoms with van der Waals surface area (Å²) in [6.07, 6.45) is 2.65. The van der Waals surface area contributed by atoms with Crippen molar-refractivity contribution in [1.29, 1.82) is 5.26 Å². The molecule has 4 N–H and O–H groups in total. The van der Waals surface area contributed by atoms with Crippen molar-refractivity contribution >= 4 is 5.97 Å². The number of hydrogen-bond acceptors (Lipinski definition) is 6. The number of carboxylic acid groups (broad SMARTS) is 1. The number of aromatic hydroxyl groups is 1. The van der Waals surface area contributed by atoms with Gasteiger partial charge in [-0.15, -0.1) is 0 Å². The lowest BCUT2D eigenvalue weighted by Gasteiger charge is -2.08. The van der Waals surface area contributed by atoms with Gasteiger partial charge < -0.3 is 15.9 Å². The van der Waals surface area contributed by atoms with Gasteiger partial charge in [-0.2, -0.15) is 15.0 Å². The van der Waals surface area contributed by atoms with E-state index in [1.165, 1.54) is 29.2 Å². The van der Waals surface area contributed by atoms with E-state index < -0.39 is 5.97 Å². The predicted molar refractivity (Wildman–Crippen MR) is 88.0 cm³/mol. The first-order chi connectivity index (χ1) is 12.0. The monoisotopic (exact) mass is 335 g/mol. The second-order valence-electron chi connectivity index (χ2n) is 5.19. The maximum absolute atomic E-state index is 10.9. The Labute approximate surface area is 142 Å². The second kappa shape index (κ2) is 6.43. The number of hydrogen-bond donors (Lipinski definition) is 3. The van der Waals surface area contributed by atoms with Gasteiger partial charge in [-0.05, 0) is 35.4 Å². The maximum atomic E-state index is 10.9. The molecule has 0 fully saturated rings. The summed E-state index contributed by atoms with van der Waals surface area (Å²) < 4.78 is 1.19. The summed E-state index contributed by atoms with van der Waals surface area (Å²) in [4.78, 5) is 14.9. The second-order valence-corrected chi connectivity index (χ2v) is 5.19. The van der Waals surface area contributed by atoms with Gasteiger partial charge in [0.2, 0.25) is 5.88 Å². The number of nitriles is 1. The van der Waals surface area contributed by atoms with Gasteiger partial charge in [0.15, 0.2) is 5.82 Å². The van der Waals surface area contributed by atoms with Crippen LogP contribution in [0.3, 0.4) is 0 Å². The average Bonchev–Trinajstić information content (AvgIpc) is 3.02. The lowest BCUT2D eigenvalue weighted by Crippen LogP contribution is -2.02. The Hall–Kier alpha value is -3.70. The normalized spacial score (nSPS) is 10.4. The predicted octanol–water partition coefficient (Wildman–Crippen LogP) is 1.67. The minimum atomic E-state index is -1.09. The van der Waals surface area contributed by atoms with E-state index in [9.17, 15) is 9.90 Å². The van der Waals surface area contributed by atoms with Crippen LogP contribution in [0.25, 0.3) is 16.9 Å². The summed E-state index contributed by atoms with van der Waals surface area (Å²) >= 11 is 0. The molecule has 8 heteroatoms. The van der Waals surface area contributed by atoms with Gasteiger partial charge in [0, 0.05) is 12.7 Å². The molecule has 3 rings (SSSR count). The van der Waals surface area contributed by atoms with E-state index in [-0.39, 0.29) is 23.8 Å². The molecule has 1 aromatic carbocycles. The molecule has 2 heterocycles. The molecule has 124 valence electrons. The number of pyridine rings is 1. The van der Waals surface area contributed by atoms with E-state index in [0.29, 0.717) is 22.3 Å². The van der Waals surface area contributed by atoms with Crippen LogP contribution >= 0.6 is 0 Å². The first kappa shape index (κ1) is 16.2. The molecule has 0 aliphatic carbocycles. The summed E-state index contributed by atoms with van der Waals surface area (Å²) in [7, 11) is 0. The number of benzene rings is 1. The summed E-state index contributed by atoms with van der Waals surface area (Å²) in [5.41, 5.74) is 8.04. The third-order valence-electron chi connectivity index (χ3n) is 3.70. The van der Waals surface area contributed by atoms with Gasteiger partial charge >= 0.3 is 5.97 Å². The molecule has 2 aromatic heterocycles. The highest BCUT2D eigenvalue weighted by Crippen LogP contribution is 2.33. The fourth-order valence-corrected chi connectivity index (χ4v) is 2.43. The quantitative estimate of drug-likeness (QED) is 0.659. The van der Waals surface area contributed by atoms with Gasteiger partial charge in [-0.1, -0.05) is 6.07 Å². The molecular weight excluding hydrogens is 322 g/mol. The van der Waals surface area contributed by atoms with Crippen molar-refractivity contribution in [2.45, 2.75) is 6.54 Å². The number of aromatic nitrogens is 3. The molecule has 0 bridgehead atoms. The molecule has 0 atom stereocenters. The van der Waals surface area contributed by atoms with E-state index >= 15 is 0 Å². The van der Waals surface area contributed by atoms with E-state index in [1.54, 1.807) is 18.2 Å². The van der Waals surface area contributed by atoms with Crippen molar-refractivity contribution in [3.63, 3.8) is 0 Å². The third kappa shape index (κ3) is 2.91. The highest BCUT2D eigenvalue weighted by molar-refractivity contribution is 5.87. The molecule has 0 spiro atoms. The molecule has 0 saturated carbocycles. The summed E-state index contributed by atoms with van der Waals surface area (Å²) in [5, 5.41) is 32.5. The van der Waals surface area contributed by atoms with Gasteiger partial charge in [-0.3, -0.25) is 0 Å². The molecule has 8 nitrogen and oxygen atoms in total. The Morgan fingerprint density at radius 3 is 2.64 bits per heavy atom. The van der Waals surface area contributed by atoms with Crippen molar-refractivity contribution in [3.8, 4) is 28.9 Å². The molecule has 0 radical (unpaired) electrons. The first-order valence-electron chi connectivity index (χ1n) is 7.25. The molecule has 0 saturated heterocycles. The molecule has 25 heavy (non-hydrogen) atoms. The van der Waals surface area contributed by atoms with Crippen molar-refractivity contribution in [2.75, 3.05) is 0 Å². The highest BCUT2D eigenvalue weighted by atomic mass is 16.4. The molecule has 0 aliphatic heterocycles. The van der Waals surface area contributed by atoms with Crippen molar-refractivity contribution in [2.24, 2.45) is 5.73 Å². The number of nitrogens with two attached hydrogens (primary N) is 1. The van der Waals surface area contributed by atoms with Gasteiger partial charge in [0.05, 0.1) is 29.0 Å². The average molecular weight is 335 g/mol. The van der Waals surface area contributed by atoms with Crippen LogP contribution in [-0.4, -0.2) is 30.9 Å². The Morgan fingerprint density at radius 1 is 1.24 bits per heavy atom. The van der Waals surface area contributed by atoms with Crippen LogP contribution in [0.1, 0.15) is 21.5 Å². The summed E-state index contributed by atoms with van der Waals surface area (Å²) in [6, 6.07) is 9.85. The molecular formula is C17H13N5O3. The number of rotatable bonds is 4. The Kier molecular flexibility index (Phi) is 4.16. The van der Waals surface area contributed by atoms with E-state index in [1.807, 2.05) is 6.07 Å². The Balaban J connectivity index is 2.05. The zero-order valence-corrected chi connectivity index (χ0v) is 12.9. The smallest absolute Gasteiger partial charge is 0.337 e.